The van der Waals surface area contributed by atoms with Gasteiger partial charge in [0.15, 0.2) is 0 Å². The molecule has 0 aromatic carbocycles. The molecule has 2 heteroatoms. The first-order valence-corrected chi connectivity index (χ1v) is 7.48. The van der Waals surface area contributed by atoms with E-state index in [0.717, 1.165) is 6.42 Å². The van der Waals surface area contributed by atoms with Crippen molar-refractivity contribution in [2.24, 2.45) is 0 Å². The number of H-pyrrole nitrogens is 2. The third kappa shape index (κ3) is 2.94. The second-order valence-corrected chi connectivity index (χ2v) is 5.53. The van der Waals surface area contributed by atoms with E-state index in [-0.39, 0.29) is 0 Å². The minimum Gasteiger partial charge on any atom is -0.364 e. The number of aromatic nitrogens is 2. The number of aromatic amines is 2. The summed E-state index contributed by atoms with van der Waals surface area (Å²) >= 11 is 0. The Balaban J connectivity index is 2.26. The minimum atomic E-state index is 1.01. The van der Waals surface area contributed by atoms with Gasteiger partial charge in [-0.25, -0.2) is 0 Å². The lowest BCUT2D eigenvalue weighted by molar-refractivity contribution is 0.870. The van der Waals surface area contributed by atoms with E-state index in [4.69, 9.17) is 0 Å². The molecule has 0 bridgehead atoms. The van der Waals surface area contributed by atoms with E-state index in [1.165, 1.54) is 59.3 Å². The van der Waals surface area contributed by atoms with Gasteiger partial charge in [-0.1, -0.05) is 26.7 Å². The van der Waals surface area contributed by atoms with Crippen LogP contribution in [0.2, 0.25) is 0 Å². The molecule has 2 heterocycles. The molecule has 0 radical (unpaired) electrons. The van der Waals surface area contributed by atoms with Crippen LogP contribution in [0.15, 0.2) is 12.4 Å². The van der Waals surface area contributed by atoms with E-state index >= 15 is 0 Å². The van der Waals surface area contributed by atoms with Gasteiger partial charge in [-0.05, 0) is 48.9 Å². The van der Waals surface area contributed by atoms with Crippen molar-refractivity contribution in [1.82, 2.24) is 9.97 Å². The van der Waals surface area contributed by atoms with Crippen molar-refractivity contribution < 1.29 is 0 Å². The first-order chi connectivity index (χ1) is 9.17. The zero-order valence-electron chi connectivity index (χ0n) is 12.7. The number of rotatable bonds is 6. The van der Waals surface area contributed by atoms with Crippen LogP contribution in [-0.4, -0.2) is 9.97 Å². The smallest absolute Gasteiger partial charge is 0.0284 e. The Kier molecular flexibility index (Phi) is 4.52. The SMILES string of the molecule is CCCc1c(C)c[nH]c1Cc1[nH]cc(C)c1CCC. The average Bonchev–Trinajstić information content (AvgIpc) is 2.90. The fraction of sp³-hybridized carbons (Fsp3) is 0.529. The molecule has 2 nitrogen and oxygen atoms in total. The molecule has 19 heavy (non-hydrogen) atoms. The van der Waals surface area contributed by atoms with E-state index in [1.54, 1.807) is 0 Å². The zero-order valence-corrected chi connectivity index (χ0v) is 12.7. The van der Waals surface area contributed by atoms with Crippen LogP contribution in [0.1, 0.15) is 60.3 Å². The van der Waals surface area contributed by atoms with Crippen molar-refractivity contribution in [3.05, 3.63) is 46.0 Å². The minimum absolute atomic E-state index is 1.01. The maximum Gasteiger partial charge on any atom is 0.0284 e. The number of aryl methyl sites for hydroxylation is 2. The normalized spacial score (nSPS) is 11.2. The molecule has 0 saturated carbocycles. The van der Waals surface area contributed by atoms with E-state index < -0.39 is 0 Å². The van der Waals surface area contributed by atoms with Gasteiger partial charge in [0, 0.05) is 30.2 Å². The summed E-state index contributed by atoms with van der Waals surface area (Å²) in [4.78, 5) is 6.93. The molecule has 2 aromatic rings. The summed E-state index contributed by atoms with van der Waals surface area (Å²) in [5.74, 6) is 0. The summed E-state index contributed by atoms with van der Waals surface area (Å²) in [6.07, 6.45) is 10.1. The molecule has 0 fully saturated rings. The molecule has 104 valence electrons. The molecule has 0 saturated heterocycles. The molecule has 2 aromatic heterocycles. The van der Waals surface area contributed by atoms with Gasteiger partial charge in [0.2, 0.25) is 0 Å². The quantitative estimate of drug-likeness (QED) is 0.767. The van der Waals surface area contributed by atoms with E-state index in [2.05, 4.69) is 50.1 Å². The second kappa shape index (κ2) is 6.14. The maximum absolute atomic E-state index is 3.47. The molecule has 0 aliphatic heterocycles. The van der Waals surface area contributed by atoms with Crippen LogP contribution in [0.3, 0.4) is 0 Å². The molecule has 2 rings (SSSR count). The molecule has 2 N–H and O–H groups in total. The van der Waals surface area contributed by atoms with Gasteiger partial charge in [0.25, 0.3) is 0 Å². The van der Waals surface area contributed by atoms with Crippen LogP contribution in [-0.2, 0) is 19.3 Å². The summed E-state index contributed by atoms with van der Waals surface area (Å²) in [5.41, 5.74) is 8.60. The van der Waals surface area contributed by atoms with Crippen LogP contribution in [0.5, 0.6) is 0 Å². The molecule has 0 spiro atoms. The molecule has 0 unspecified atom stereocenters. The van der Waals surface area contributed by atoms with E-state index in [9.17, 15) is 0 Å². The van der Waals surface area contributed by atoms with E-state index in [0.29, 0.717) is 0 Å². The van der Waals surface area contributed by atoms with Crippen LogP contribution < -0.4 is 0 Å². The summed E-state index contributed by atoms with van der Waals surface area (Å²) in [5, 5.41) is 0. The lowest BCUT2D eigenvalue weighted by atomic mass is 10.00. The van der Waals surface area contributed by atoms with Gasteiger partial charge in [0.05, 0.1) is 0 Å². The van der Waals surface area contributed by atoms with Gasteiger partial charge >= 0.3 is 0 Å². The Bertz CT molecular complexity index is 483. The van der Waals surface area contributed by atoms with Crippen LogP contribution in [0.4, 0.5) is 0 Å². The number of hydrogen-bond acceptors (Lipinski definition) is 0. The topological polar surface area (TPSA) is 31.6 Å². The highest BCUT2D eigenvalue weighted by atomic mass is 14.7. The van der Waals surface area contributed by atoms with Crippen molar-refractivity contribution in [3.63, 3.8) is 0 Å². The number of nitrogens with one attached hydrogen (secondary N) is 2. The third-order valence-electron chi connectivity index (χ3n) is 3.96. The Labute approximate surface area is 116 Å². The monoisotopic (exact) mass is 258 g/mol. The average molecular weight is 258 g/mol. The Morgan fingerprint density at radius 2 is 1.21 bits per heavy atom. The van der Waals surface area contributed by atoms with Gasteiger partial charge in [-0.3, -0.25) is 0 Å². The predicted molar refractivity (Wildman–Crippen MR) is 81.9 cm³/mol. The van der Waals surface area contributed by atoms with Gasteiger partial charge in [0.1, 0.15) is 0 Å². The van der Waals surface area contributed by atoms with Crippen LogP contribution in [0, 0.1) is 13.8 Å². The van der Waals surface area contributed by atoms with Crippen molar-refractivity contribution in [1.29, 1.82) is 0 Å². The highest BCUT2D eigenvalue weighted by Gasteiger charge is 2.12. The highest BCUT2D eigenvalue weighted by molar-refractivity contribution is 5.37. The molecule has 0 aliphatic rings. The summed E-state index contributed by atoms with van der Waals surface area (Å²) in [6, 6.07) is 0. The zero-order chi connectivity index (χ0) is 13.8. The van der Waals surface area contributed by atoms with E-state index in [1.807, 2.05) is 0 Å². The van der Waals surface area contributed by atoms with Crippen LogP contribution in [0.25, 0.3) is 0 Å². The summed E-state index contributed by atoms with van der Waals surface area (Å²) in [6.45, 7) is 8.91. The fourth-order valence-corrected chi connectivity index (χ4v) is 2.90. The number of hydrogen-bond donors (Lipinski definition) is 2. The third-order valence-corrected chi connectivity index (χ3v) is 3.96. The predicted octanol–water partition coefficient (Wildman–Crippen LogP) is 4.46. The standard InChI is InChI=1S/C17H26N2/c1-5-7-14-12(3)10-18-16(14)9-17-15(8-6-2)13(4)11-19-17/h10-11,18-19H,5-9H2,1-4H3. The molecular weight excluding hydrogens is 232 g/mol. The second-order valence-electron chi connectivity index (χ2n) is 5.53. The Hall–Kier alpha value is -1.44. The largest absolute Gasteiger partial charge is 0.364 e. The van der Waals surface area contributed by atoms with Gasteiger partial charge < -0.3 is 9.97 Å². The van der Waals surface area contributed by atoms with Crippen molar-refractivity contribution in [3.8, 4) is 0 Å². The van der Waals surface area contributed by atoms with Gasteiger partial charge in [-0.15, -0.1) is 0 Å². The van der Waals surface area contributed by atoms with Crippen molar-refractivity contribution >= 4 is 0 Å². The highest BCUT2D eigenvalue weighted by Crippen LogP contribution is 2.22. The first kappa shape index (κ1) is 14.0. The first-order valence-electron chi connectivity index (χ1n) is 7.48. The molecule has 0 atom stereocenters. The molecular formula is C17H26N2. The Morgan fingerprint density at radius 1 is 0.789 bits per heavy atom. The van der Waals surface area contributed by atoms with Crippen molar-refractivity contribution in [2.45, 2.75) is 59.8 Å². The lowest BCUT2D eigenvalue weighted by Gasteiger charge is -2.07. The fourth-order valence-electron chi connectivity index (χ4n) is 2.90. The van der Waals surface area contributed by atoms with Gasteiger partial charge in [-0.2, -0.15) is 0 Å². The summed E-state index contributed by atoms with van der Waals surface area (Å²) in [7, 11) is 0. The Morgan fingerprint density at radius 3 is 1.58 bits per heavy atom. The molecule has 0 amide bonds. The van der Waals surface area contributed by atoms with Crippen molar-refractivity contribution in [2.75, 3.05) is 0 Å². The van der Waals surface area contributed by atoms with Crippen LogP contribution >= 0.6 is 0 Å². The lowest BCUT2D eigenvalue weighted by Crippen LogP contribution is -1.99. The summed E-state index contributed by atoms with van der Waals surface area (Å²) < 4.78 is 0. The maximum atomic E-state index is 3.47. The molecule has 0 aliphatic carbocycles.